The van der Waals surface area contributed by atoms with Crippen LogP contribution in [-0.2, 0) is 14.3 Å². The molecule has 3 rings (SSSR count). The highest BCUT2D eigenvalue weighted by molar-refractivity contribution is 5.99. The number of carbonyl (C=O) groups is 3. The number of likely N-dealkylation sites (tertiary alicyclic amines) is 1. The van der Waals surface area contributed by atoms with Crippen molar-refractivity contribution in [2.75, 3.05) is 26.1 Å². The van der Waals surface area contributed by atoms with Crippen LogP contribution in [0.15, 0.2) is 42.5 Å². The lowest BCUT2D eigenvalue weighted by Gasteiger charge is -2.28. The van der Waals surface area contributed by atoms with Gasteiger partial charge < -0.3 is 19.7 Å². The van der Waals surface area contributed by atoms with Gasteiger partial charge in [0.2, 0.25) is 11.8 Å². The Morgan fingerprint density at radius 3 is 2.47 bits per heavy atom. The number of hydrogen-bond acceptors (Lipinski definition) is 5. The molecule has 0 aliphatic carbocycles. The Morgan fingerprint density at radius 1 is 1.12 bits per heavy atom. The maximum absolute atomic E-state index is 13.4. The molecule has 1 saturated heterocycles. The lowest BCUT2D eigenvalue weighted by molar-refractivity contribution is -0.129. The Morgan fingerprint density at radius 2 is 1.84 bits per heavy atom. The third-order valence-electron chi connectivity index (χ3n) is 5.89. The van der Waals surface area contributed by atoms with Crippen LogP contribution in [0.2, 0.25) is 0 Å². The molecule has 7 nitrogen and oxygen atoms in total. The molecular formula is C25H30N2O5. The summed E-state index contributed by atoms with van der Waals surface area (Å²) >= 11 is 0. The molecule has 1 heterocycles. The zero-order valence-corrected chi connectivity index (χ0v) is 19.0. The highest BCUT2D eigenvalue weighted by Crippen LogP contribution is 2.39. The van der Waals surface area contributed by atoms with Crippen molar-refractivity contribution in [2.24, 2.45) is 5.92 Å². The molecule has 0 saturated carbocycles. The first-order valence-electron chi connectivity index (χ1n) is 10.8. The average molecular weight is 439 g/mol. The summed E-state index contributed by atoms with van der Waals surface area (Å²) in [6.07, 6.45) is 1.96. The van der Waals surface area contributed by atoms with Crippen molar-refractivity contribution in [3.05, 3.63) is 59.2 Å². The van der Waals surface area contributed by atoms with Crippen LogP contribution in [-0.4, -0.2) is 43.4 Å². The zero-order chi connectivity index (χ0) is 23.3. The topological polar surface area (TPSA) is 84.9 Å². The summed E-state index contributed by atoms with van der Waals surface area (Å²) < 4.78 is 10.0. The molecule has 0 aromatic heterocycles. The molecule has 2 unspecified atom stereocenters. The molecule has 0 bridgehead atoms. The molecule has 1 aliphatic rings. The Balaban J connectivity index is 1.90. The Bertz CT molecular complexity index is 986. The summed E-state index contributed by atoms with van der Waals surface area (Å²) in [5.74, 6) is -0.579. The number of unbranched alkanes of at least 4 members (excludes halogenated alkanes) is 1. The second-order valence-electron chi connectivity index (χ2n) is 7.98. The van der Waals surface area contributed by atoms with E-state index >= 15 is 0 Å². The van der Waals surface area contributed by atoms with Crippen LogP contribution in [0.4, 0.5) is 5.69 Å². The molecule has 32 heavy (non-hydrogen) atoms. The van der Waals surface area contributed by atoms with Gasteiger partial charge in [0, 0.05) is 18.7 Å². The lowest BCUT2D eigenvalue weighted by Crippen LogP contribution is -2.33. The van der Waals surface area contributed by atoms with Gasteiger partial charge in [0.1, 0.15) is 5.75 Å². The molecular weight excluding hydrogens is 408 g/mol. The standard InChI is InChI=1S/C25H30N2O5/c1-5-6-13-27-22(28)15-20(23(27)17-9-11-19(31-3)12-10-17)24(29)26-21-14-18(25(30)32-4)8-7-16(21)2/h7-12,14,20,23H,5-6,13,15H2,1-4H3,(H,26,29). The number of methoxy groups -OCH3 is 2. The van der Waals surface area contributed by atoms with E-state index in [4.69, 9.17) is 9.47 Å². The molecule has 0 radical (unpaired) electrons. The Labute approximate surface area is 188 Å². The molecule has 1 fully saturated rings. The van der Waals surface area contributed by atoms with E-state index in [-0.39, 0.29) is 24.3 Å². The number of amides is 2. The second kappa shape index (κ2) is 10.3. The van der Waals surface area contributed by atoms with E-state index < -0.39 is 11.9 Å². The van der Waals surface area contributed by atoms with Crippen LogP contribution in [0.5, 0.6) is 5.75 Å². The van der Waals surface area contributed by atoms with E-state index in [1.807, 2.05) is 36.1 Å². The largest absolute Gasteiger partial charge is 0.497 e. The number of nitrogens with one attached hydrogen (secondary N) is 1. The van der Waals surface area contributed by atoms with E-state index in [0.29, 0.717) is 17.8 Å². The first-order chi connectivity index (χ1) is 15.4. The third kappa shape index (κ3) is 4.93. The fraction of sp³-hybridized carbons (Fsp3) is 0.400. The van der Waals surface area contributed by atoms with Crippen LogP contribution < -0.4 is 10.1 Å². The SMILES string of the molecule is CCCCN1C(=O)CC(C(=O)Nc2cc(C(=O)OC)ccc2C)C1c1ccc(OC)cc1. The Kier molecular flexibility index (Phi) is 7.51. The predicted octanol–water partition coefficient (Wildman–Crippen LogP) is 4.12. The molecule has 2 aromatic rings. The minimum absolute atomic E-state index is 0.0283. The summed E-state index contributed by atoms with van der Waals surface area (Å²) in [7, 11) is 2.91. The monoisotopic (exact) mass is 438 g/mol. The number of rotatable bonds is 8. The molecule has 7 heteroatoms. The van der Waals surface area contributed by atoms with Crippen molar-refractivity contribution >= 4 is 23.5 Å². The van der Waals surface area contributed by atoms with Gasteiger partial charge in [-0.05, 0) is 48.7 Å². The first kappa shape index (κ1) is 23.3. The van der Waals surface area contributed by atoms with Crippen molar-refractivity contribution in [3.8, 4) is 5.75 Å². The number of carbonyl (C=O) groups excluding carboxylic acids is 3. The maximum atomic E-state index is 13.4. The van der Waals surface area contributed by atoms with Crippen LogP contribution in [0.3, 0.4) is 0 Å². The maximum Gasteiger partial charge on any atom is 0.337 e. The van der Waals surface area contributed by atoms with E-state index in [1.54, 1.807) is 25.3 Å². The molecule has 0 spiro atoms. The van der Waals surface area contributed by atoms with Gasteiger partial charge in [-0.25, -0.2) is 4.79 Å². The quantitative estimate of drug-likeness (QED) is 0.627. The predicted molar refractivity (Wildman–Crippen MR) is 122 cm³/mol. The van der Waals surface area contributed by atoms with Crippen molar-refractivity contribution in [1.29, 1.82) is 0 Å². The average Bonchev–Trinajstić information content (AvgIpc) is 3.14. The van der Waals surface area contributed by atoms with Crippen LogP contribution in [0.25, 0.3) is 0 Å². The minimum atomic E-state index is -0.547. The smallest absolute Gasteiger partial charge is 0.337 e. The van der Waals surface area contributed by atoms with Gasteiger partial charge in [0.05, 0.1) is 31.7 Å². The van der Waals surface area contributed by atoms with Gasteiger partial charge >= 0.3 is 5.97 Å². The molecule has 2 atom stereocenters. The Hall–Kier alpha value is -3.35. The van der Waals surface area contributed by atoms with Crippen molar-refractivity contribution in [1.82, 2.24) is 4.90 Å². The van der Waals surface area contributed by atoms with E-state index in [2.05, 4.69) is 12.2 Å². The van der Waals surface area contributed by atoms with E-state index in [1.165, 1.54) is 7.11 Å². The van der Waals surface area contributed by atoms with E-state index in [9.17, 15) is 14.4 Å². The normalized spacial score (nSPS) is 17.9. The summed E-state index contributed by atoms with van der Waals surface area (Å²) in [6.45, 7) is 4.53. The van der Waals surface area contributed by atoms with Crippen molar-refractivity contribution < 1.29 is 23.9 Å². The molecule has 1 aliphatic heterocycles. The fourth-order valence-electron chi connectivity index (χ4n) is 4.06. The van der Waals surface area contributed by atoms with Crippen LogP contribution >= 0.6 is 0 Å². The molecule has 2 amide bonds. The first-order valence-corrected chi connectivity index (χ1v) is 10.8. The van der Waals surface area contributed by atoms with Crippen molar-refractivity contribution in [3.63, 3.8) is 0 Å². The van der Waals surface area contributed by atoms with E-state index in [0.717, 1.165) is 29.7 Å². The summed E-state index contributed by atoms with van der Waals surface area (Å²) in [5.41, 5.74) is 2.60. The number of hydrogen-bond donors (Lipinski definition) is 1. The van der Waals surface area contributed by atoms with Gasteiger partial charge in [-0.2, -0.15) is 0 Å². The highest BCUT2D eigenvalue weighted by Gasteiger charge is 2.44. The van der Waals surface area contributed by atoms with Gasteiger partial charge in [-0.3, -0.25) is 9.59 Å². The van der Waals surface area contributed by atoms with Gasteiger partial charge in [-0.1, -0.05) is 31.5 Å². The van der Waals surface area contributed by atoms with Gasteiger partial charge in [0.25, 0.3) is 0 Å². The number of nitrogens with zero attached hydrogens (tertiary/aromatic N) is 1. The van der Waals surface area contributed by atoms with Crippen LogP contribution in [0.1, 0.15) is 53.7 Å². The summed E-state index contributed by atoms with van der Waals surface area (Å²) in [4.78, 5) is 39.9. The van der Waals surface area contributed by atoms with Crippen molar-refractivity contribution in [2.45, 2.75) is 39.2 Å². The summed E-state index contributed by atoms with van der Waals surface area (Å²) in [6, 6.07) is 12.2. The molecule has 2 aromatic carbocycles. The fourth-order valence-corrected chi connectivity index (χ4v) is 4.06. The second-order valence-corrected chi connectivity index (χ2v) is 7.98. The van der Waals surface area contributed by atoms with Gasteiger partial charge in [-0.15, -0.1) is 0 Å². The lowest BCUT2D eigenvalue weighted by atomic mass is 9.92. The number of ether oxygens (including phenoxy) is 2. The highest BCUT2D eigenvalue weighted by atomic mass is 16.5. The molecule has 1 N–H and O–H groups in total. The zero-order valence-electron chi connectivity index (χ0n) is 19.0. The number of esters is 1. The molecule has 170 valence electrons. The third-order valence-corrected chi connectivity index (χ3v) is 5.89. The van der Waals surface area contributed by atoms with Crippen LogP contribution in [0, 0.1) is 12.8 Å². The number of aryl methyl sites for hydroxylation is 1. The number of anilines is 1. The van der Waals surface area contributed by atoms with Gasteiger partial charge in [0.15, 0.2) is 0 Å². The minimum Gasteiger partial charge on any atom is -0.497 e. The number of benzene rings is 2. The summed E-state index contributed by atoms with van der Waals surface area (Å²) in [5, 5.41) is 2.94.